The van der Waals surface area contributed by atoms with Crippen LogP contribution < -0.4 is 15.1 Å². The SMILES string of the molecule is O=C1c2oc3ccc(Br)cc3c(=O)c2C(c2cccc(OCc3ccccc3)c2)N1c1ccccc1. The van der Waals surface area contributed by atoms with Gasteiger partial charge in [0.2, 0.25) is 5.76 Å². The third kappa shape index (κ3) is 3.89. The molecule has 0 bridgehead atoms. The number of para-hydroxylation sites is 1. The standard InChI is InChI=1S/C30H20BrNO4/c31-21-14-15-25-24(17-21)28(33)26-27(32(30(34)29(26)36-25)22-11-5-2-6-12-22)20-10-7-13-23(16-20)35-18-19-8-3-1-4-9-19/h1-17,27H,18H2. The second kappa shape index (κ2) is 9.13. The maximum absolute atomic E-state index is 13.8. The highest BCUT2D eigenvalue weighted by Gasteiger charge is 2.43. The second-order valence-electron chi connectivity index (χ2n) is 8.57. The molecule has 6 heteroatoms. The molecule has 0 spiro atoms. The molecule has 176 valence electrons. The summed E-state index contributed by atoms with van der Waals surface area (Å²) in [4.78, 5) is 29.1. The highest BCUT2D eigenvalue weighted by atomic mass is 79.9. The number of hydrogen-bond donors (Lipinski definition) is 0. The van der Waals surface area contributed by atoms with E-state index in [4.69, 9.17) is 9.15 Å². The molecule has 0 radical (unpaired) electrons. The minimum absolute atomic E-state index is 0.0688. The second-order valence-corrected chi connectivity index (χ2v) is 9.49. The molecule has 1 amide bonds. The number of rotatable bonds is 5. The molecule has 2 heterocycles. The molecule has 5 nitrogen and oxygen atoms in total. The van der Waals surface area contributed by atoms with Crippen LogP contribution in [0.15, 0.2) is 117 Å². The topological polar surface area (TPSA) is 59.8 Å². The lowest BCUT2D eigenvalue weighted by Crippen LogP contribution is -2.29. The van der Waals surface area contributed by atoms with Crippen LogP contribution >= 0.6 is 15.9 Å². The summed E-state index contributed by atoms with van der Waals surface area (Å²) in [7, 11) is 0. The van der Waals surface area contributed by atoms with E-state index in [9.17, 15) is 9.59 Å². The van der Waals surface area contributed by atoms with Gasteiger partial charge in [0.05, 0.1) is 17.0 Å². The molecule has 5 aromatic rings. The fourth-order valence-corrected chi connectivity index (χ4v) is 4.99. The van der Waals surface area contributed by atoms with Gasteiger partial charge in [-0.3, -0.25) is 14.5 Å². The Labute approximate surface area is 215 Å². The van der Waals surface area contributed by atoms with Gasteiger partial charge in [-0.05, 0) is 53.6 Å². The number of carbonyl (C=O) groups is 1. The first-order chi connectivity index (χ1) is 17.6. The quantitative estimate of drug-likeness (QED) is 0.245. The highest BCUT2D eigenvalue weighted by Crippen LogP contribution is 2.42. The van der Waals surface area contributed by atoms with E-state index in [-0.39, 0.29) is 17.1 Å². The van der Waals surface area contributed by atoms with Crippen LogP contribution in [0.3, 0.4) is 0 Å². The molecule has 1 atom stereocenters. The lowest BCUT2D eigenvalue weighted by atomic mass is 9.98. The monoisotopic (exact) mass is 537 g/mol. The van der Waals surface area contributed by atoms with E-state index in [0.29, 0.717) is 34.6 Å². The van der Waals surface area contributed by atoms with Gasteiger partial charge in [-0.1, -0.05) is 76.6 Å². The van der Waals surface area contributed by atoms with E-state index in [1.807, 2.05) is 84.9 Å². The van der Waals surface area contributed by atoms with Gasteiger partial charge in [0.25, 0.3) is 5.91 Å². The van der Waals surface area contributed by atoms with Crippen LogP contribution in [0.25, 0.3) is 11.0 Å². The lowest BCUT2D eigenvalue weighted by molar-refractivity contribution is 0.0971. The van der Waals surface area contributed by atoms with Crippen molar-refractivity contribution in [2.75, 3.05) is 4.90 Å². The summed E-state index contributed by atoms with van der Waals surface area (Å²) >= 11 is 3.44. The lowest BCUT2D eigenvalue weighted by Gasteiger charge is -2.25. The Kier molecular flexibility index (Phi) is 5.66. The summed E-state index contributed by atoms with van der Waals surface area (Å²) in [5.74, 6) is 0.371. The summed E-state index contributed by atoms with van der Waals surface area (Å²) < 4.78 is 12.9. The Morgan fingerprint density at radius 3 is 2.36 bits per heavy atom. The van der Waals surface area contributed by atoms with Crippen LogP contribution in [0.2, 0.25) is 0 Å². The summed E-state index contributed by atoms with van der Waals surface area (Å²) in [6.45, 7) is 0.410. The predicted octanol–water partition coefficient (Wildman–Crippen LogP) is 6.88. The third-order valence-corrected chi connectivity index (χ3v) is 6.78. The fraction of sp³-hybridized carbons (Fsp3) is 0.0667. The largest absolute Gasteiger partial charge is 0.489 e. The van der Waals surface area contributed by atoms with Crippen molar-refractivity contribution < 1.29 is 13.9 Å². The highest BCUT2D eigenvalue weighted by molar-refractivity contribution is 9.10. The van der Waals surface area contributed by atoms with Gasteiger partial charge in [-0.2, -0.15) is 0 Å². The molecule has 6 rings (SSSR count). The molecular weight excluding hydrogens is 518 g/mol. The number of amides is 1. The van der Waals surface area contributed by atoms with Gasteiger partial charge < -0.3 is 9.15 Å². The van der Waals surface area contributed by atoms with Crippen molar-refractivity contribution in [3.63, 3.8) is 0 Å². The molecule has 0 saturated heterocycles. The molecule has 0 N–H and O–H groups in total. The van der Waals surface area contributed by atoms with E-state index >= 15 is 0 Å². The van der Waals surface area contributed by atoms with Crippen LogP contribution in [0.1, 0.15) is 33.3 Å². The van der Waals surface area contributed by atoms with Crippen molar-refractivity contribution in [2.45, 2.75) is 12.6 Å². The van der Waals surface area contributed by atoms with E-state index < -0.39 is 6.04 Å². The van der Waals surface area contributed by atoms with Gasteiger partial charge in [0.15, 0.2) is 5.43 Å². The summed E-state index contributed by atoms with van der Waals surface area (Å²) in [5.41, 5.74) is 2.98. The first-order valence-electron chi connectivity index (χ1n) is 11.5. The Bertz CT molecular complexity index is 1650. The normalized spacial score (nSPS) is 14.8. The minimum Gasteiger partial charge on any atom is -0.489 e. The maximum Gasteiger partial charge on any atom is 0.295 e. The van der Waals surface area contributed by atoms with Gasteiger partial charge in [-0.15, -0.1) is 0 Å². The van der Waals surface area contributed by atoms with Crippen molar-refractivity contribution in [1.82, 2.24) is 0 Å². The maximum atomic E-state index is 13.8. The van der Waals surface area contributed by atoms with Crippen LogP contribution in [0.4, 0.5) is 5.69 Å². The smallest absolute Gasteiger partial charge is 0.295 e. The number of benzene rings is 4. The number of anilines is 1. The average Bonchev–Trinajstić information content (AvgIpc) is 3.21. The number of nitrogens with zero attached hydrogens (tertiary/aromatic N) is 1. The van der Waals surface area contributed by atoms with Crippen molar-refractivity contribution >= 4 is 38.5 Å². The zero-order valence-electron chi connectivity index (χ0n) is 19.1. The minimum atomic E-state index is -0.658. The summed E-state index contributed by atoms with van der Waals surface area (Å²) in [5, 5.41) is 0.423. The van der Waals surface area contributed by atoms with E-state index in [1.165, 1.54) is 0 Å². The predicted molar refractivity (Wildman–Crippen MR) is 142 cm³/mol. The average molecular weight is 538 g/mol. The van der Waals surface area contributed by atoms with Gasteiger partial charge in [0, 0.05) is 10.2 Å². The molecule has 1 aliphatic rings. The van der Waals surface area contributed by atoms with Crippen LogP contribution in [-0.4, -0.2) is 5.91 Å². The van der Waals surface area contributed by atoms with Gasteiger partial charge in [0.1, 0.15) is 17.9 Å². The molecule has 36 heavy (non-hydrogen) atoms. The molecule has 1 aliphatic heterocycles. The van der Waals surface area contributed by atoms with Crippen molar-refractivity contribution in [2.24, 2.45) is 0 Å². The molecule has 1 aromatic heterocycles. The van der Waals surface area contributed by atoms with E-state index in [0.717, 1.165) is 15.6 Å². The third-order valence-electron chi connectivity index (χ3n) is 6.29. The van der Waals surface area contributed by atoms with Crippen molar-refractivity contribution in [3.05, 3.63) is 140 Å². The Morgan fingerprint density at radius 2 is 1.58 bits per heavy atom. The molecule has 4 aromatic carbocycles. The van der Waals surface area contributed by atoms with Crippen LogP contribution in [0.5, 0.6) is 5.75 Å². The number of ether oxygens (including phenoxy) is 1. The van der Waals surface area contributed by atoms with E-state index in [1.54, 1.807) is 23.1 Å². The summed E-state index contributed by atoms with van der Waals surface area (Å²) in [6.07, 6.45) is 0. The van der Waals surface area contributed by atoms with Crippen LogP contribution in [0, 0.1) is 0 Å². The first-order valence-corrected chi connectivity index (χ1v) is 12.3. The van der Waals surface area contributed by atoms with Gasteiger partial charge in [-0.25, -0.2) is 0 Å². The molecule has 0 aliphatic carbocycles. The Balaban J connectivity index is 1.49. The number of hydrogen-bond acceptors (Lipinski definition) is 4. The Hall–Kier alpha value is -4.16. The van der Waals surface area contributed by atoms with Crippen molar-refractivity contribution in [1.29, 1.82) is 0 Å². The fourth-order valence-electron chi connectivity index (χ4n) is 4.63. The zero-order chi connectivity index (χ0) is 24.6. The number of halogens is 1. The van der Waals surface area contributed by atoms with Crippen molar-refractivity contribution in [3.8, 4) is 5.75 Å². The van der Waals surface area contributed by atoms with Gasteiger partial charge >= 0.3 is 0 Å². The van der Waals surface area contributed by atoms with Crippen LogP contribution in [-0.2, 0) is 6.61 Å². The zero-order valence-corrected chi connectivity index (χ0v) is 20.6. The molecule has 0 fully saturated rings. The number of carbonyl (C=O) groups excluding carboxylic acids is 1. The molecular formula is C30H20BrNO4. The molecule has 0 saturated carbocycles. The van der Waals surface area contributed by atoms with E-state index in [2.05, 4.69) is 15.9 Å². The number of fused-ring (bicyclic) bond motifs is 2. The summed E-state index contributed by atoms with van der Waals surface area (Å²) in [6, 6.07) is 31.3. The first kappa shape index (κ1) is 22.3. The molecule has 1 unspecified atom stereocenters. The Morgan fingerprint density at radius 1 is 0.833 bits per heavy atom.